The van der Waals surface area contributed by atoms with Crippen molar-refractivity contribution in [2.24, 2.45) is 0 Å². The van der Waals surface area contributed by atoms with Crippen LogP contribution in [0.4, 0.5) is 5.69 Å². The molecule has 2 N–H and O–H groups in total. The lowest BCUT2D eigenvalue weighted by Gasteiger charge is -2.11. The standard InChI is InChI=1S/C19H22N2O2.ClH/c22-19(18-7-4-12-20-18)21-17-10-8-16(9-11-17)14-23-13-15-5-2-1-3-6-15;/h1-3,5-6,8-11,18,20H,4,7,12-14H2,(H,21,22);1H. The van der Waals surface area contributed by atoms with Gasteiger partial charge in [0.15, 0.2) is 0 Å². The third-order valence-electron chi connectivity index (χ3n) is 3.98. The quantitative estimate of drug-likeness (QED) is 0.841. The molecule has 0 aromatic heterocycles. The molecule has 1 atom stereocenters. The SMILES string of the molecule is Cl.O=C(Nc1ccc(COCc2ccccc2)cc1)C1CCCN1. The van der Waals surface area contributed by atoms with Gasteiger partial charge in [-0.25, -0.2) is 0 Å². The summed E-state index contributed by atoms with van der Waals surface area (Å²) < 4.78 is 5.71. The smallest absolute Gasteiger partial charge is 0.241 e. The molecule has 0 aliphatic carbocycles. The van der Waals surface area contributed by atoms with Gasteiger partial charge < -0.3 is 15.4 Å². The Balaban J connectivity index is 0.00000208. The molecule has 24 heavy (non-hydrogen) atoms. The molecule has 1 unspecified atom stereocenters. The van der Waals surface area contributed by atoms with Crippen molar-refractivity contribution in [3.63, 3.8) is 0 Å². The summed E-state index contributed by atoms with van der Waals surface area (Å²) in [7, 11) is 0. The van der Waals surface area contributed by atoms with E-state index >= 15 is 0 Å². The molecule has 1 heterocycles. The first-order valence-corrected chi connectivity index (χ1v) is 8.06. The topological polar surface area (TPSA) is 50.4 Å². The number of halogens is 1. The highest BCUT2D eigenvalue weighted by atomic mass is 35.5. The van der Waals surface area contributed by atoms with Crippen LogP contribution in [0.25, 0.3) is 0 Å². The fourth-order valence-corrected chi connectivity index (χ4v) is 2.68. The molecule has 128 valence electrons. The molecular formula is C19H23ClN2O2. The molecule has 0 spiro atoms. The number of nitrogens with one attached hydrogen (secondary N) is 2. The molecule has 2 aromatic rings. The number of rotatable bonds is 6. The van der Waals surface area contributed by atoms with Crippen molar-refractivity contribution in [3.05, 3.63) is 65.7 Å². The predicted molar refractivity (Wildman–Crippen MR) is 98.3 cm³/mol. The summed E-state index contributed by atoms with van der Waals surface area (Å²) in [6.07, 6.45) is 1.98. The molecule has 0 saturated carbocycles. The van der Waals surface area contributed by atoms with E-state index in [0.717, 1.165) is 30.6 Å². The summed E-state index contributed by atoms with van der Waals surface area (Å²) in [5.41, 5.74) is 3.09. The summed E-state index contributed by atoms with van der Waals surface area (Å²) in [6.45, 7) is 2.09. The molecule has 0 radical (unpaired) electrons. The van der Waals surface area contributed by atoms with Crippen molar-refractivity contribution >= 4 is 24.0 Å². The second-order valence-corrected chi connectivity index (χ2v) is 5.81. The highest BCUT2D eigenvalue weighted by Gasteiger charge is 2.21. The van der Waals surface area contributed by atoms with Gasteiger partial charge in [0, 0.05) is 5.69 Å². The highest BCUT2D eigenvalue weighted by Crippen LogP contribution is 2.13. The Bertz CT molecular complexity index is 626. The maximum absolute atomic E-state index is 12.0. The largest absolute Gasteiger partial charge is 0.372 e. The number of carbonyl (C=O) groups excluding carboxylic acids is 1. The van der Waals surface area contributed by atoms with Crippen molar-refractivity contribution in [1.29, 1.82) is 0 Å². The molecule has 3 rings (SSSR count). The number of hydrogen-bond acceptors (Lipinski definition) is 3. The summed E-state index contributed by atoms with van der Waals surface area (Å²) in [6, 6.07) is 17.9. The van der Waals surface area contributed by atoms with Crippen molar-refractivity contribution < 1.29 is 9.53 Å². The molecule has 0 bridgehead atoms. The van der Waals surface area contributed by atoms with E-state index in [1.165, 1.54) is 5.56 Å². The normalized spacial score (nSPS) is 16.4. The summed E-state index contributed by atoms with van der Waals surface area (Å²) in [5.74, 6) is 0.0515. The van der Waals surface area contributed by atoms with E-state index in [9.17, 15) is 4.79 Å². The van der Waals surface area contributed by atoms with Crippen LogP contribution in [0, 0.1) is 0 Å². The number of hydrogen-bond donors (Lipinski definition) is 2. The molecule has 1 aliphatic rings. The van der Waals surface area contributed by atoms with Gasteiger partial charge in [-0.15, -0.1) is 12.4 Å². The molecule has 4 nitrogen and oxygen atoms in total. The fraction of sp³-hybridized carbons (Fsp3) is 0.316. The summed E-state index contributed by atoms with van der Waals surface area (Å²) in [4.78, 5) is 12.0. The first-order valence-electron chi connectivity index (χ1n) is 8.06. The van der Waals surface area contributed by atoms with Crippen LogP contribution < -0.4 is 10.6 Å². The lowest BCUT2D eigenvalue weighted by Crippen LogP contribution is -2.35. The molecule has 1 amide bonds. The first-order chi connectivity index (χ1) is 11.3. The zero-order valence-electron chi connectivity index (χ0n) is 13.5. The van der Waals surface area contributed by atoms with Crippen LogP contribution in [0.3, 0.4) is 0 Å². The van der Waals surface area contributed by atoms with Gasteiger partial charge >= 0.3 is 0 Å². The lowest BCUT2D eigenvalue weighted by atomic mass is 10.2. The second kappa shape index (κ2) is 9.42. The number of ether oxygens (including phenoxy) is 1. The third-order valence-corrected chi connectivity index (χ3v) is 3.98. The molecule has 1 aliphatic heterocycles. The maximum Gasteiger partial charge on any atom is 0.241 e. The fourth-order valence-electron chi connectivity index (χ4n) is 2.68. The minimum absolute atomic E-state index is 0. The van der Waals surface area contributed by atoms with Gasteiger partial charge in [-0.1, -0.05) is 42.5 Å². The maximum atomic E-state index is 12.0. The van der Waals surface area contributed by atoms with E-state index in [-0.39, 0.29) is 24.4 Å². The Morgan fingerprint density at radius 2 is 1.71 bits per heavy atom. The van der Waals surface area contributed by atoms with Gasteiger partial charge in [-0.05, 0) is 42.6 Å². The van der Waals surface area contributed by atoms with E-state index in [0.29, 0.717) is 13.2 Å². The van der Waals surface area contributed by atoms with Crippen molar-refractivity contribution in [2.75, 3.05) is 11.9 Å². The molecule has 2 aromatic carbocycles. The Hall–Kier alpha value is -1.88. The predicted octanol–water partition coefficient (Wildman–Crippen LogP) is 3.52. The molecule has 1 saturated heterocycles. The van der Waals surface area contributed by atoms with Gasteiger partial charge in [0.25, 0.3) is 0 Å². The second-order valence-electron chi connectivity index (χ2n) is 5.81. The Labute approximate surface area is 149 Å². The first kappa shape index (κ1) is 18.5. The van der Waals surface area contributed by atoms with E-state index in [2.05, 4.69) is 22.8 Å². The van der Waals surface area contributed by atoms with Crippen LogP contribution in [-0.4, -0.2) is 18.5 Å². The monoisotopic (exact) mass is 346 g/mol. The van der Waals surface area contributed by atoms with Crippen LogP contribution in [0.2, 0.25) is 0 Å². The third kappa shape index (κ3) is 5.34. The minimum atomic E-state index is -0.0520. The van der Waals surface area contributed by atoms with Crippen molar-refractivity contribution in [1.82, 2.24) is 5.32 Å². The van der Waals surface area contributed by atoms with Gasteiger partial charge in [0.1, 0.15) is 0 Å². The van der Waals surface area contributed by atoms with Crippen LogP contribution >= 0.6 is 12.4 Å². The average Bonchev–Trinajstić information content (AvgIpc) is 3.12. The summed E-state index contributed by atoms with van der Waals surface area (Å²) >= 11 is 0. The van der Waals surface area contributed by atoms with Crippen LogP contribution in [0.15, 0.2) is 54.6 Å². The van der Waals surface area contributed by atoms with Crippen LogP contribution in [0.1, 0.15) is 24.0 Å². The van der Waals surface area contributed by atoms with Gasteiger partial charge in [0.2, 0.25) is 5.91 Å². The number of benzene rings is 2. The van der Waals surface area contributed by atoms with E-state index < -0.39 is 0 Å². The van der Waals surface area contributed by atoms with Crippen LogP contribution in [0.5, 0.6) is 0 Å². The van der Waals surface area contributed by atoms with Crippen molar-refractivity contribution in [3.8, 4) is 0 Å². The lowest BCUT2D eigenvalue weighted by molar-refractivity contribution is -0.117. The summed E-state index contributed by atoms with van der Waals surface area (Å²) in [5, 5.41) is 6.15. The Morgan fingerprint density at radius 3 is 2.33 bits per heavy atom. The Kier molecular flexibility index (Phi) is 7.25. The minimum Gasteiger partial charge on any atom is -0.372 e. The van der Waals surface area contributed by atoms with Crippen molar-refractivity contribution in [2.45, 2.75) is 32.1 Å². The van der Waals surface area contributed by atoms with Gasteiger partial charge in [0.05, 0.1) is 19.3 Å². The number of amides is 1. The van der Waals surface area contributed by atoms with E-state index in [4.69, 9.17) is 4.74 Å². The molecule has 5 heteroatoms. The molecule has 1 fully saturated rings. The van der Waals surface area contributed by atoms with Gasteiger partial charge in [-0.2, -0.15) is 0 Å². The zero-order chi connectivity index (χ0) is 15.9. The van der Waals surface area contributed by atoms with Crippen LogP contribution in [-0.2, 0) is 22.7 Å². The number of anilines is 1. The van der Waals surface area contributed by atoms with E-state index in [1.807, 2.05) is 42.5 Å². The number of carbonyl (C=O) groups is 1. The Morgan fingerprint density at radius 1 is 1.04 bits per heavy atom. The van der Waals surface area contributed by atoms with Gasteiger partial charge in [-0.3, -0.25) is 4.79 Å². The zero-order valence-corrected chi connectivity index (χ0v) is 14.4. The molecular weight excluding hydrogens is 324 g/mol. The highest BCUT2D eigenvalue weighted by molar-refractivity contribution is 5.95. The average molecular weight is 347 g/mol. The van der Waals surface area contributed by atoms with E-state index in [1.54, 1.807) is 0 Å².